The highest BCUT2D eigenvalue weighted by Crippen LogP contribution is 2.37. The molecular weight excluding hydrogens is 261 g/mol. The van der Waals surface area contributed by atoms with Crippen LogP contribution >= 0.6 is 11.8 Å². The standard InChI is InChI=1S/C13H17F3OS/c1-3-9(4-2)12(17)10-5-7-11(8-6-10)18-13(14,15)16/h5-9,12,17H,3-4H2,1-2H3. The van der Waals surface area contributed by atoms with Crippen molar-refractivity contribution in [3.8, 4) is 0 Å². The maximum atomic E-state index is 12.2. The Morgan fingerprint density at radius 2 is 1.61 bits per heavy atom. The lowest BCUT2D eigenvalue weighted by molar-refractivity contribution is -0.0328. The molecule has 1 nitrogen and oxygen atoms in total. The van der Waals surface area contributed by atoms with Crippen LogP contribution in [0.3, 0.4) is 0 Å². The topological polar surface area (TPSA) is 20.2 Å². The molecule has 5 heteroatoms. The van der Waals surface area contributed by atoms with Crippen LogP contribution in [0.2, 0.25) is 0 Å². The molecular formula is C13H17F3OS. The van der Waals surface area contributed by atoms with Gasteiger partial charge in [0.2, 0.25) is 0 Å². The molecule has 18 heavy (non-hydrogen) atoms. The van der Waals surface area contributed by atoms with Gasteiger partial charge in [0, 0.05) is 4.90 Å². The Labute approximate surface area is 109 Å². The van der Waals surface area contributed by atoms with Crippen molar-refractivity contribution in [1.82, 2.24) is 0 Å². The highest BCUT2D eigenvalue weighted by atomic mass is 32.2. The molecule has 0 radical (unpaired) electrons. The van der Waals surface area contributed by atoms with Crippen molar-refractivity contribution >= 4 is 11.8 Å². The van der Waals surface area contributed by atoms with E-state index in [1.54, 1.807) is 12.1 Å². The lowest BCUT2D eigenvalue weighted by Gasteiger charge is -2.20. The molecule has 0 aliphatic rings. The zero-order valence-electron chi connectivity index (χ0n) is 10.4. The summed E-state index contributed by atoms with van der Waals surface area (Å²) in [5.41, 5.74) is -3.59. The molecule has 0 saturated heterocycles. The molecule has 0 spiro atoms. The van der Waals surface area contributed by atoms with Gasteiger partial charge in [0.1, 0.15) is 0 Å². The van der Waals surface area contributed by atoms with Crippen molar-refractivity contribution < 1.29 is 18.3 Å². The van der Waals surface area contributed by atoms with Crippen LogP contribution in [0, 0.1) is 5.92 Å². The highest BCUT2D eigenvalue weighted by molar-refractivity contribution is 8.00. The lowest BCUT2D eigenvalue weighted by atomic mass is 9.91. The van der Waals surface area contributed by atoms with Crippen LogP contribution in [-0.2, 0) is 0 Å². The maximum absolute atomic E-state index is 12.2. The Balaban J connectivity index is 2.76. The number of rotatable bonds is 5. The molecule has 0 aliphatic carbocycles. The van der Waals surface area contributed by atoms with Crippen LogP contribution < -0.4 is 0 Å². The Morgan fingerprint density at radius 1 is 1.11 bits per heavy atom. The Kier molecular flexibility index (Phi) is 5.53. The van der Waals surface area contributed by atoms with Gasteiger partial charge >= 0.3 is 5.51 Å². The van der Waals surface area contributed by atoms with E-state index < -0.39 is 11.6 Å². The van der Waals surface area contributed by atoms with Crippen molar-refractivity contribution in [2.45, 2.75) is 43.2 Å². The molecule has 0 saturated carbocycles. The van der Waals surface area contributed by atoms with Crippen molar-refractivity contribution in [2.24, 2.45) is 5.92 Å². The van der Waals surface area contributed by atoms with Crippen LogP contribution in [0.25, 0.3) is 0 Å². The van der Waals surface area contributed by atoms with E-state index in [1.807, 2.05) is 13.8 Å². The number of aliphatic hydroxyl groups is 1. The van der Waals surface area contributed by atoms with E-state index in [4.69, 9.17) is 0 Å². The molecule has 1 atom stereocenters. The second-order valence-corrected chi connectivity index (χ2v) is 5.28. The van der Waals surface area contributed by atoms with Gasteiger partial charge in [-0.15, -0.1) is 0 Å². The molecule has 0 amide bonds. The molecule has 0 aliphatic heterocycles. The predicted octanol–water partition coefficient (Wildman–Crippen LogP) is 4.77. The van der Waals surface area contributed by atoms with Gasteiger partial charge in [-0.3, -0.25) is 0 Å². The third-order valence-electron chi connectivity index (χ3n) is 2.95. The van der Waals surface area contributed by atoms with Gasteiger partial charge in [-0.05, 0) is 35.4 Å². The SMILES string of the molecule is CCC(CC)C(O)c1ccc(SC(F)(F)F)cc1. The molecule has 1 rings (SSSR count). The molecule has 0 bridgehead atoms. The molecule has 1 N–H and O–H groups in total. The Hall–Kier alpha value is -0.680. The number of alkyl halides is 3. The molecule has 1 aromatic carbocycles. The predicted molar refractivity (Wildman–Crippen MR) is 67.4 cm³/mol. The van der Waals surface area contributed by atoms with Crippen LogP contribution in [0.1, 0.15) is 38.4 Å². The van der Waals surface area contributed by atoms with Crippen LogP contribution in [0.15, 0.2) is 29.2 Å². The third-order valence-corrected chi connectivity index (χ3v) is 3.69. The van der Waals surface area contributed by atoms with Crippen molar-refractivity contribution in [2.75, 3.05) is 0 Å². The summed E-state index contributed by atoms with van der Waals surface area (Å²) in [6, 6.07) is 5.94. The van der Waals surface area contributed by atoms with Crippen molar-refractivity contribution in [3.63, 3.8) is 0 Å². The molecule has 1 aromatic rings. The van der Waals surface area contributed by atoms with Gasteiger partial charge < -0.3 is 5.11 Å². The molecule has 102 valence electrons. The zero-order chi connectivity index (χ0) is 13.8. The van der Waals surface area contributed by atoms with E-state index in [0.29, 0.717) is 5.56 Å². The first-order valence-corrected chi connectivity index (χ1v) is 6.72. The van der Waals surface area contributed by atoms with Gasteiger partial charge in [-0.2, -0.15) is 13.2 Å². The summed E-state index contributed by atoms with van der Waals surface area (Å²) in [5, 5.41) is 10.1. The van der Waals surface area contributed by atoms with E-state index in [9.17, 15) is 18.3 Å². The first kappa shape index (κ1) is 15.4. The number of hydrogen-bond acceptors (Lipinski definition) is 2. The summed E-state index contributed by atoms with van der Waals surface area (Å²) in [6.45, 7) is 3.98. The summed E-state index contributed by atoms with van der Waals surface area (Å²) in [4.78, 5) is 0.142. The van der Waals surface area contributed by atoms with Gasteiger partial charge in [-0.1, -0.05) is 38.8 Å². The second kappa shape index (κ2) is 6.48. The number of benzene rings is 1. The molecule has 0 fully saturated rings. The average Bonchev–Trinajstić information content (AvgIpc) is 2.29. The minimum Gasteiger partial charge on any atom is -0.388 e. The lowest BCUT2D eigenvalue weighted by Crippen LogP contribution is -2.10. The maximum Gasteiger partial charge on any atom is 0.446 e. The molecule has 0 heterocycles. The highest BCUT2D eigenvalue weighted by Gasteiger charge is 2.29. The fourth-order valence-corrected chi connectivity index (χ4v) is 2.41. The summed E-state index contributed by atoms with van der Waals surface area (Å²) in [6.07, 6.45) is 1.08. The van der Waals surface area contributed by atoms with Crippen LogP contribution in [0.4, 0.5) is 13.2 Å². The van der Waals surface area contributed by atoms with E-state index >= 15 is 0 Å². The third kappa shape index (κ3) is 4.53. The summed E-state index contributed by atoms with van der Waals surface area (Å²) < 4.78 is 36.5. The summed E-state index contributed by atoms with van der Waals surface area (Å²) in [5.74, 6) is 0.145. The summed E-state index contributed by atoms with van der Waals surface area (Å²) >= 11 is -0.141. The van der Waals surface area contributed by atoms with E-state index in [2.05, 4.69) is 0 Å². The van der Waals surface area contributed by atoms with Crippen molar-refractivity contribution in [1.29, 1.82) is 0 Å². The quantitative estimate of drug-likeness (QED) is 0.783. The van der Waals surface area contributed by atoms with Gasteiger partial charge in [0.05, 0.1) is 6.10 Å². The van der Waals surface area contributed by atoms with E-state index in [1.165, 1.54) is 12.1 Å². The van der Waals surface area contributed by atoms with Crippen LogP contribution in [-0.4, -0.2) is 10.6 Å². The van der Waals surface area contributed by atoms with E-state index in [0.717, 1.165) is 12.8 Å². The average molecular weight is 278 g/mol. The first-order valence-electron chi connectivity index (χ1n) is 5.91. The van der Waals surface area contributed by atoms with Crippen LogP contribution in [0.5, 0.6) is 0 Å². The minimum absolute atomic E-state index is 0.141. The fraction of sp³-hybridized carbons (Fsp3) is 0.538. The number of aliphatic hydroxyl groups excluding tert-OH is 1. The Morgan fingerprint density at radius 3 is 2.00 bits per heavy atom. The fourth-order valence-electron chi connectivity index (χ4n) is 1.87. The van der Waals surface area contributed by atoms with E-state index in [-0.39, 0.29) is 22.6 Å². The monoisotopic (exact) mass is 278 g/mol. The summed E-state index contributed by atoms with van der Waals surface area (Å²) in [7, 11) is 0. The normalized spacial score (nSPS) is 13.9. The van der Waals surface area contributed by atoms with Gasteiger partial charge in [-0.25, -0.2) is 0 Å². The minimum atomic E-state index is -4.27. The zero-order valence-corrected chi connectivity index (χ0v) is 11.2. The first-order chi connectivity index (χ1) is 8.37. The van der Waals surface area contributed by atoms with Crippen molar-refractivity contribution in [3.05, 3.63) is 29.8 Å². The molecule has 1 unspecified atom stereocenters. The number of hydrogen-bond donors (Lipinski definition) is 1. The molecule has 0 aromatic heterocycles. The smallest absolute Gasteiger partial charge is 0.388 e. The largest absolute Gasteiger partial charge is 0.446 e. The second-order valence-electron chi connectivity index (χ2n) is 4.14. The Bertz CT molecular complexity index is 357. The number of halogens is 3. The van der Waals surface area contributed by atoms with Gasteiger partial charge in [0.15, 0.2) is 0 Å². The van der Waals surface area contributed by atoms with Gasteiger partial charge in [0.25, 0.3) is 0 Å². The number of thioether (sulfide) groups is 1.